The molecule has 4 nitrogen and oxygen atoms in total. The number of aromatic nitrogens is 2. The molecule has 1 aromatic heterocycles. The van der Waals surface area contributed by atoms with E-state index >= 15 is 0 Å². The molecule has 0 spiro atoms. The van der Waals surface area contributed by atoms with E-state index in [1.165, 1.54) is 0 Å². The van der Waals surface area contributed by atoms with Gasteiger partial charge in [0.05, 0.1) is 10.7 Å². The van der Waals surface area contributed by atoms with E-state index in [9.17, 15) is 0 Å². The average molecular weight is 277 g/mol. The number of thiocarbonyl (C=S) groups is 1. The number of hydrogen-bond acceptors (Lipinski definition) is 2. The molecule has 2 N–H and O–H groups in total. The van der Waals surface area contributed by atoms with Crippen molar-refractivity contribution in [3.63, 3.8) is 0 Å². The molecular weight excluding hydrogens is 264 g/mol. The summed E-state index contributed by atoms with van der Waals surface area (Å²) in [5.74, 6) is 0. The van der Waals surface area contributed by atoms with E-state index in [0.29, 0.717) is 5.11 Å². The van der Waals surface area contributed by atoms with E-state index in [1.807, 2.05) is 10.9 Å². The quantitative estimate of drug-likeness (QED) is 0.639. The fraction of sp³-hybridized carbons (Fsp3) is 0.500. The van der Waals surface area contributed by atoms with Crippen LogP contribution < -0.4 is 10.6 Å². The van der Waals surface area contributed by atoms with Gasteiger partial charge >= 0.3 is 0 Å². The van der Waals surface area contributed by atoms with Crippen LogP contribution in [0.2, 0.25) is 0 Å². The molecule has 1 heterocycles. The molecule has 6 heteroatoms. The lowest BCUT2D eigenvalue weighted by molar-refractivity contribution is 0.572. The normalized spacial score (nSPS) is 9.86. The van der Waals surface area contributed by atoms with Gasteiger partial charge in [-0.05, 0) is 34.6 Å². The molecule has 0 aliphatic heterocycles. The van der Waals surface area contributed by atoms with Crippen LogP contribution in [-0.2, 0) is 6.54 Å². The lowest BCUT2D eigenvalue weighted by atomic mass is 10.4. The Labute approximate surface area is 97.2 Å². The molecule has 78 valence electrons. The molecule has 0 bridgehead atoms. The number of rotatable bonds is 4. The van der Waals surface area contributed by atoms with Gasteiger partial charge in [-0.15, -0.1) is 0 Å². The largest absolute Gasteiger partial charge is 0.366 e. The number of nitrogens with one attached hydrogen (secondary N) is 2. The second-order valence-corrected chi connectivity index (χ2v) is 4.11. The third-order valence-corrected chi connectivity index (χ3v) is 2.44. The molecular formula is C8H13BrN4S. The van der Waals surface area contributed by atoms with Gasteiger partial charge in [-0.1, -0.05) is 0 Å². The average Bonchev–Trinajstić information content (AvgIpc) is 2.58. The van der Waals surface area contributed by atoms with Gasteiger partial charge in [0.25, 0.3) is 0 Å². The maximum atomic E-state index is 4.94. The lowest BCUT2D eigenvalue weighted by Crippen LogP contribution is -2.33. The predicted octanol–water partition coefficient (Wildman–Crippen LogP) is 1.13. The van der Waals surface area contributed by atoms with Gasteiger partial charge in [-0.3, -0.25) is 4.68 Å². The van der Waals surface area contributed by atoms with Crippen LogP contribution in [0.3, 0.4) is 0 Å². The third-order valence-electron chi connectivity index (χ3n) is 1.68. The van der Waals surface area contributed by atoms with Crippen LogP contribution in [0.25, 0.3) is 0 Å². The SMILES string of the molecule is CNC(=S)NCCCn1cc(Br)cn1. The fourth-order valence-electron chi connectivity index (χ4n) is 0.992. The van der Waals surface area contributed by atoms with Crippen molar-refractivity contribution in [2.75, 3.05) is 13.6 Å². The van der Waals surface area contributed by atoms with E-state index < -0.39 is 0 Å². The van der Waals surface area contributed by atoms with Crippen LogP contribution in [0.15, 0.2) is 16.9 Å². The number of nitrogens with zero attached hydrogens (tertiary/aromatic N) is 2. The van der Waals surface area contributed by atoms with Crippen LogP contribution in [0.4, 0.5) is 0 Å². The van der Waals surface area contributed by atoms with Crippen LogP contribution >= 0.6 is 28.1 Å². The number of halogens is 1. The highest BCUT2D eigenvalue weighted by Crippen LogP contribution is 2.06. The summed E-state index contributed by atoms with van der Waals surface area (Å²) in [5, 5.41) is 10.8. The number of aryl methyl sites for hydroxylation is 1. The summed E-state index contributed by atoms with van der Waals surface area (Å²) in [6.07, 6.45) is 4.73. The predicted molar refractivity (Wildman–Crippen MR) is 64.2 cm³/mol. The van der Waals surface area contributed by atoms with E-state index in [0.717, 1.165) is 24.0 Å². The Bertz CT molecular complexity index is 299. The van der Waals surface area contributed by atoms with Crippen molar-refractivity contribution in [2.45, 2.75) is 13.0 Å². The zero-order chi connectivity index (χ0) is 10.4. The third kappa shape index (κ3) is 4.06. The van der Waals surface area contributed by atoms with Gasteiger partial charge in [0, 0.05) is 26.3 Å². The molecule has 1 aromatic rings. The molecule has 0 fully saturated rings. The zero-order valence-electron chi connectivity index (χ0n) is 7.96. The van der Waals surface area contributed by atoms with Crippen molar-refractivity contribution >= 4 is 33.3 Å². The first-order chi connectivity index (χ1) is 6.72. The van der Waals surface area contributed by atoms with Gasteiger partial charge < -0.3 is 10.6 Å². The molecule has 0 aliphatic rings. The molecule has 0 saturated heterocycles. The van der Waals surface area contributed by atoms with E-state index in [4.69, 9.17) is 12.2 Å². The highest BCUT2D eigenvalue weighted by molar-refractivity contribution is 9.10. The maximum Gasteiger partial charge on any atom is 0.166 e. The summed E-state index contributed by atoms with van der Waals surface area (Å²) in [6.45, 7) is 1.75. The summed E-state index contributed by atoms with van der Waals surface area (Å²) in [4.78, 5) is 0. The highest BCUT2D eigenvalue weighted by Gasteiger charge is 1.95. The summed E-state index contributed by atoms with van der Waals surface area (Å²) in [6, 6.07) is 0. The molecule has 0 radical (unpaired) electrons. The van der Waals surface area contributed by atoms with Crippen LogP contribution in [0.5, 0.6) is 0 Å². The molecule has 0 aromatic carbocycles. The topological polar surface area (TPSA) is 41.9 Å². The summed E-state index contributed by atoms with van der Waals surface area (Å²) in [5.41, 5.74) is 0. The van der Waals surface area contributed by atoms with Crippen molar-refractivity contribution in [1.29, 1.82) is 0 Å². The molecule has 0 atom stereocenters. The Morgan fingerprint density at radius 3 is 3.07 bits per heavy atom. The smallest absolute Gasteiger partial charge is 0.166 e. The maximum absolute atomic E-state index is 4.94. The second kappa shape index (κ2) is 5.98. The van der Waals surface area contributed by atoms with E-state index in [-0.39, 0.29) is 0 Å². The fourth-order valence-corrected chi connectivity index (χ4v) is 1.42. The van der Waals surface area contributed by atoms with Crippen molar-refractivity contribution in [2.24, 2.45) is 0 Å². The minimum atomic E-state index is 0.687. The summed E-state index contributed by atoms with van der Waals surface area (Å²) in [7, 11) is 1.81. The van der Waals surface area contributed by atoms with Crippen LogP contribution in [0, 0.1) is 0 Å². The minimum absolute atomic E-state index is 0.687. The van der Waals surface area contributed by atoms with Crippen molar-refractivity contribution in [3.8, 4) is 0 Å². The molecule has 14 heavy (non-hydrogen) atoms. The van der Waals surface area contributed by atoms with Crippen LogP contribution in [-0.4, -0.2) is 28.5 Å². The standard InChI is InChI=1S/C8H13BrN4S/c1-10-8(14)11-3-2-4-13-6-7(9)5-12-13/h5-6H,2-4H2,1H3,(H2,10,11,14). The summed E-state index contributed by atoms with van der Waals surface area (Å²) < 4.78 is 2.91. The Morgan fingerprint density at radius 1 is 1.71 bits per heavy atom. The van der Waals surface area contributed by atoms with E-state index in [2.05, 4.69) is 31.7 Å². The Balaban J connectivity index is 2.13. The van der Waals surface area contributed by atoms with E-state index in [1.54, 1.807) is 13.2 Å². The van der Waals surface area contributed by atoms with Crippen molar-refractivity contribution in [3.05, 3.63) is 16.9 Å². The molecule has 0 unspecified atom stereocenters. The molecule has 0 aliphatic carbocycles. The Kier molecular flexibility index (Phi) is 4.89. The monoisotopic (exact) mass is 276 g/mol. The molecule has 1 rings (SSSR count). The van der Waals surface area contributed by atoms with Gasteiger partial charge in [0.2, 0.25) is 0 Å². The number of hydrogen-bond donors (Lipinski definition) is 2. The van der Waals surface area contributed by atoms with Crippen molar-refractivity contribution in [1.82, 2.24) is 20.4 Å². The van der Waals surface area contributed by atoms with Gasteiger partial charge in [-0.25, -0.2) is 0 Å². The lowest BCUT2D eigenvalue weighted by Gasteiger charge is -2.06. The van der Waals surface area contributed by atoms with Gasteiger partial charge in [0.15, 0.2) is 5.11 Å². The molecule has 0 amide bonds. The van der Waals surface area contributed by atoms with Crippen LogP contribution in [0.1, 0.15) is 6.42 Å². The van der Waals surface area contributed by atoms with Gasteiger partial charge in [0.1, 0.15) is 0 Å². The van der Waals surface area contributed by atoms with Crippen molar-refractivity contribution < 1.29 is 0 Å². The zero-order valence-corrected chi connectivity index (χ0v) is 10.4. The Morgan fingerprint density at radius 2 is 2.50 bits per heavy atom. The highest BCUT2D eigenvalue weighted by atomic mass is 79.9. The van der Waals surface area contributed by atoms with Gasteiger partial charge in [-0.2, -0.15) is 5.10 Å². The minimum Gasteiger partial charge on any atom is -0.366 e. The first kappa shape index (κ1) is 11.5. The first-order valence-electron chi connectivity index (χ1n) is 4.36. The summed E-state index contributed by atoms with van der Waals surface area (Å²) >= 11 is 8.28. The molecule has 0 saturated carbocycles. The first-order valence-corrected chi connectivity index (χ1v) is 5.56. The second-order valence-electron chi connectivity index (χ2n) is 2.78. The Hall–Kier alpha value is -0.620.